The molecule has 3 N–H and O–H groups in total. The molecule has 1 rings (SSSR count). The Morgan fingerprint density at radius 1 is 1.47 bits per heavy atom. The van der Waals surface area contributed by atoms with Gasteiger partial charge in [-0.3, -0.25) is 0 Å². The van der Waals surface area contributed by atoms with Gasteiger partial charge in [-0.2, -0.15) is 0 Å². The molecule has 0 unspecified atom stereocenters. The van der Waals surface area contributed by atoms with Crippen LogP contribution < -0.4 is 5.73 Å². The lowest BCUT2D eigenvalue weighted by Crippen LogP contribution is -2.45. The number of hydrogen-bond acceptors (Lipinski definition) is 3. The van der Waals surface area contributed by atoms with Crippen LogP contribution in [0.5, 0.6) is 0 Å². The van der Waals surface area contributed by atoms with E-state index in [0.29, 0.717) is 26.3 Å². The summed E-state index contributed by atoms with van der Waals surface area (Å²) in [5, 5.41) is 8.32. The molecule has 0 bridgehead atoms. The Morgan fingerprint density at radius 2 is 2.07 bits per heavy atom. The third kappa shape index (κ3) is 3.96. The molecule has 0 saturated carbocycles. The number of hydrogen-bond donors (Lipinski definition) is 2. The van der Waals surface area contributed by atoms with E-state index in [-0.39, 0.29) is 5.96 Å². The second-order valence-corrected chi connectivity index (χ2v) is 3.29. The molecule has 0 atom stereocenters. The summed E-state index contributed by atoms with van der Waals surface area (Å²) >= 11 is 0. The fraction of sp³-hybridized carbons (Fsp3) is 0.875. The van der Waals surface area contributed by atoms with E-state index in [4.69, 9.17) is 15.6 Å². The number of guanidine groups is 1. The topological polar surface area (TPSA) is 71.1 Å². The summed E-state index contributed by atoms with van der Waals surface area (Å²) in [4.78, 5) is 5.22. The average molecular weight is 223 g/mol. The highest BCUT2D eigenvalue weighted by Gasteiger charge is 2.27. The van der Waals surface area contributed by atoms with Crippen molar-refractivity contribution in [2.24, 2.45) is 10.7 Å². The SMILES string of the molecule is NC(=NCC(F)(F)CO)N1CCOCC1. The number of morpholine rings is 1. The largest absolute Gasteiger partial charge is 0.390 e. The van der Waals surface area contributed by atoms with Gasteiger partial charge in [-0.15, -0.1) is 0 Å². The molecular formula is C8H15F2N3O2. The van der Waals surface area contributed by atoms with Crippen molar-refractivity contribution in [3.63, 3.8) is 0 Å². The van der Waals surface area contributed by atoms with Crippen molar-refractivity contribution in [3.8, 4) is 0 Å². The number of nitrogens with zero attached hydrogens (tertiary/aromatic N) is 2. The maximum Gasteiger partial charge on any atom is 0.289 e. The highest BCUT2D eigenvalue weighted by atomic mass is 19.3. The zero-order valence-corrected chi connectivity index (χ0v) is 8.33. The summed E-state index contributed by atoms with van der Waals surface area (Å²) in [6, 6.07) is 0. The smallest absolute Gasteiger partial charge is 0.289 e. The van der Waals surface area contributed by atoms with Gasteiger partial charge in [0.05, 0.1) is 13.2 Å². The third-order valence-corrected chi connectivity index (χ3v) is 2.04. The minimum atomic E-state index is -3.20. The van der Waals surface area contributed by atoms with Crippen LogP contribution in [-0.4, -0.2) is 61.3 Å². The van der Waals surface area contributed by atoms with Crippen LogP contribution in [0.2, 0.25) is 0 Å². The number of rotatable bonds is 3. The van der Waals surface area contributed by atoms with Gasteiger partial charge in [-0.05, 0) is 0 Å². The summed E-state index contributed by atoms with van der Waals surface area (Å²) in [6.07, 6.45) is 0. The van der Waals surface area contributed by atoms with Gasteiger partial charge in [-0.1, -0.05) is 0 Å². The Bertz CT molecular complexity index is 230. The van der Waals surface area contributed by atoms with Crippen LogP contribution in [0.25, 0.3) is 0 Å². The van der Waals surface area contributed by atoms with Gasteiger partial charge in [0.2, 0.25) is 0 Å². The minimum Gasteiger partial charge on any atom is -0.390 e. The van der Waals surface area contributed by atoms with E-state index in [1.54, 1.807) is 4.90 Å². The molecule has 0 aliphatic carbocycles. The Labute approximate surface area is 86.5 Å². The fourth-order valence-electron chi connectivity index (χ4n) is 1.14. The van der Waals surface area contributed by atoms with Crippen LogP contribution in [0, 0.1) is 0 Å². The first-order valence-corrected chi connectivity index (χ1v) is 4.66. The Morgan fingerprint density at radius 3 is 2.60 bits per heavy atom. The lowest BCUT2D eigenvalue weighted by atomic mass is 10.4. The predicted octanol–water partition coefficient (Wildman–Crippen LogP) is -0.739. The molecule has 0 aromatic rings. The first-order valence-electron chi connectivity index (χ1n) is 4.66. The van der Waals surface area contributed by atoms with E-state index in [2.05, 4.69) is 4.99 Å². The van der Waals surface area contributed by atoms with Crippen molar-refractivity contribution in [3.05, 3.63) is 0 Å². The monoisotopic (exact) mass is 223 g/mol. The summed E-state index contributed by atoms with van der Waals surface area (Å²) in [7, 11) is 0. The quantitative estimate of drug-likeness (QED) is 0.488. The lowest BCUT2D eigenvalue weighted by molar-refractivity contribution is -0.0406. The molecule has 1 heterocycles. The van der Waals surface area contributed by atoms with Crippen molar-refractivity contribution >= 4 is 5.96 Å². The number of halogens is 2. The first-order chi connectivity index (χ1) is 7.05. The first kappa shape index (κ1) is 12.1. The number of aliphatic hydroxyl groups excluding tert-OH is 1. The molecule has 0 aromatic carbocycles. The highest BCUT2D eigenvalue weighted by molar-refractivity contribution is 5.78. The number of aliphatic hydroxyl groups is 1. The van der Waals surface area contributed by atoms with Crippen LogP contribution in [0.1, 0.15) is 0 Å². The number of aliphatic imine (C=N–C) groups is 1. The fourth-order valence-corrected chi connectivity index (χ4v) is 1.14. The maximum absolute atomic E-state index is 12.6. The molecular weight excluding hydrogens is 208 g/mol. The Kier molecular flexibility index (Phi) is 4.22. The van der Waals surface area contributed by atoms with Gasteiger partial charge in [0.15, 0.2) is 5.96 Å². The summed E-state index contributed by atoms with van der Waals surface area (Å²) in [6.45, 7) is 0.152. The molecule has 1 saturated heterocycles. The van der Waals surface area contributed by atoms with Crippen molar-refractivity contribution in [2.45, 2.75) is 5.92 Å². The lowest BCUT2D eigenvalue weighted by Gasteiger charge is -2.27. The molecule has 7 heteroatoms. The number of nitrogens with two attached hydrogens (primary N) is 1. The number of ether oxygens (including phenoxy) is 1. The van der Waals surface area contributed by atoms with Crippen LogP contribution in [-0.2, 0) is 4.74 Å². The molecule has 0 aromatic heterocycles. The van der Waals surface area contributed by atoms with Gasteiger partial charge in [0.25, 0.3) is 5.92 Å². The molecule has 15 heavy (non-hydrogen) atoms. The van der Waals surface area contributed by atoms with E-state index in [9.17, 15) is 8.78 Å². The number of alkyl halides is 2. The van der Waals surface area contributed by atoms with E-state index in [0.717, 1.165) is 0 Å². The molecule has 1 fully saturated rings. The molecule has 1 aliphatic rings. The molecule has 0 amide bonds. The summed E-state index contributed by atoms with van der Waals surface area (Å²) in [5.74, 6) is -3.12. The van der Waals surface area contributed by atoms with Gasteiger partial charge < -0.3 is 20.5 Å². The molecule has 0 radical (unpaired) electrons. The molecule has 88 valence electrons. The second-order valence-electron chi connectivity index (χ2n) is 3.29. The van der Waals surface area contributed by atoms with Crippen LogP contribution in [0.4, 0.5) is 8.78 Å². The van der Waals surface area contributed by atoms with E-state index in [1.807, 2.05) is 0 Å². The Balaban J connectivity index is 2.44. The van der Waals surface area contributed by atoms with Gasteiger partial charge in [0, 0.05) is 13.1 Å². The van der Waals surface area contributed by atoms with Gasteiger partial charge >= 0.3 is 0 Å². The Hall–Kier alpha value is -0.950. The third-order valence-electron chi connectivity index (χ3n) is 2.04. The zero-order valence-electron chi connectivity index (χ0n) is 8.33. The average Bonchev–Trinajstić information content (AvgIpc) is 2.27. The highest BCUT2D eigenvalue weighted by Crippen LogP contribution is 2.12. The van der Waals surface area contributed by atoms with E-state index < -0.39 is 19.1 Å². The molecule has 1 aliphatic heterocycles. The summed E-state index contributed by atoms with van der Waals surface area (Å²) in [5.41, 5.74) is 5.52. The predicted molar refractivity (Wildman–Crippen MR) is 50.9 cm³/mol. The van der Waals surface area contributed by atoms with Crippen molar-refractivity contribution in [2.75, 3.05) is 39.5 Å². The van der Waals surface area contributed by atoms with Gasteiger partial charge in [0.1, 0.15) is 13.2 Å². The zero-order chi connectivity index (χ0) is 11.3. The van der Waals surface area contributed by atoms with Crippen molar-refractivity contribution in [1.82, 2.24) is 4.90 Å². The van der Waals surface area contributed by atoms with E-state index >= 15 is 0 Å². The second kappa shape index (κ2) is 5.22. The normalized spacial score (nSPS) is 19.4. The summed E-state index contributed by atoms with van der Waals surface area (Å²) < 4.78 is 30.3. The van der Waals surface area contributed by atoms with Crippen LogP contribution in [0.15, 0.2) is 4.99 Å². The minimum absolute atomic E-state index is 0.0754. The van der Waals surface area contributed by atoms with Gasteiger partial charge in [-0.25, -0.2) is 13.8 Å². The van der Waals surface area contributed by atoms with E-state index in [1.165, 1.54) is 0 Å². The van der Waals surface area contributed by atoms with Crippen LogP contribution >= 0.6 is 0 Å². The standard InChI is InChI=1S/C8H15F2N3O2/c9-8(10,6-14)5-12-7(11)13-1-3-15-4-2-13/h14H,1-6H2,(H2,11,12). The molecule has 0 spiro atoms. The van der Waals surface area contributed by atoms with Crippen molar-refractivity contribution in [1.29, 1.82) is 0 Å². The van der Waals surface area contributed by atoms with Crippen LogP contribution in [0.3, 0.4) is 0 Å². The van der Waals surface area contributed by atoms with Crippen molar-refractivity contribution < 1.29 is 18.6 Å². The maximum atomic E-state index is 12.6. The molecule has 5 nitrogen and oxygen atoms in total.